The van der Waals surface area contributed by atoms with Crippen molar-refractivity contribution in [2.75, 3.05) is 14.2 Å². The number of carbonyl (C=O) groups excluding carboxylic acids is 1. The Morgan fingerprint density at radius 1 is 1.06 bits per heavy atom. The normalized spacial score (nSPS) is 11.6. The van der Waals surface area contributed by atoms with E-state index in [4.69, 9.17) is 18.7 Å². The smallest absolute Gasteiger partial charge is 0.251 e. The molecule has 0 radical (unpaired) electrons. The highest BCUT2D eigenvalue weighted by atomic mass is 16.5. The second-order valence-electron chi connectivity index (χ2n) is 7.16. The van der Waals surface area contributed by atoms with Gasteiger partial charge in [-0.05, 0) is 56.2 Å². The summed E-state index contributed by atoms with van der Waals surface area (Å²) < 4.78 is 21.7. The number of methoxy groups -OCH3 is 2. The molecule has 0 aliphatic heterocycles. The first kappa shape index (κ1) is 22.2. The van der Waals surface area contributed by atoms with Crippen LogP contribution in [0.1, 0.15) is 52.3 Å². The lowest BCUT2D eigenvalue weighted by molar-refractivity contribution is 0.0935. The summed E-state index contributed by atoms with van der Waals surface area (Å²) in [6.45, 7) is 6.04. The highest BCUT2D eigenvalue weighted by Gasteiger charge is 2.17. The Kier molecular flexibility index (Phi) is 7.18. The van der Waals surface area contributed by atoms with Gasteiger partial charge in [-0.1, -0.05) is 24.2 Å². The van der Waals surface area contributed by atoms with Crippen LogP contribution in [0.5, 0.6) is 17.2 Å². The Morgan fingerprint density at radius 3 is 2.39 bits per heavy atom. The molecule has 1 N–H and O–H groups in total. The fourth-order valence-electron chi connectivity index (χ4n) is 3.28. The maximum absolute atomic E-state index is 12.9. The van der Waals surface area contributed by atoms with E-state index < -0.39 is 0 Å². The second-order valence-corrected chi connectivity index (χ2v) is 7.16. The number of ether oxygens (including phenoxy) is 3. The molecule has 0 bridgehead atoms. The van der Waals surface area contributed by atoms with Crippen molar-refractivity contribution in [2.24, 2.45) is 0 Å². The van der Waals surface area contributed by atoms with Gasteiger partial charge in [-0.15, -0.1) is 0 Å². The Morgan fingerprint density at radius 2 is 1.81 bits per heavy atom. The lowest BCUT2D eigenvalue weighted by Gasteiger charge is -2.18. The van der Waals surface area contributed by atoms with Crippen LogP contribution in [0.25, 0.3) is 0 Å². The van der Waals surface area contributed by atoms with Crippen LogP contribution in [0.2, 0.25) is 0 Å². The van der Waals surface area contributed by atoms with E-state index in [0.717, 1.165) is 34.8 Å². The molecule has 0 saturated heterocycles. The number of carbonyl (C=O) groups is 1. The van der Waals surface area contributed by atoms with Crippen LogP contribution < -0.4 is 19.5 Å². The summed E-state index contributed by atoms with van der Waals surface area (Å²) in [7, 11) is 3.18. The van der Waals surface area contributed by atoms with Crippen molar-refractivity contribution in [1.82, 2.24) is 10.5 Å². The van der Waals surface area contributed by atoms with Crippen LogP contribution in [0.15, 0.2) is 47.0 Å². The molecular formula is C24H28N2O5. The SMILES string of the molecule is CCC(NC(=O)c1ccc(OCc2c(C)noc2C)c(OC)c1)c1ccc(OC)cc1. The quantitative estimate of drug-likeness (QED) is 0.533. The molecule has 0 saturated carbocycles. The molecule has 1 heterocycles. The van der Waals surface area contributed by atoms with Crippen LogP contribution in [0.4, 0.5) is 0 Å². The zero-order chi connectivity index (χ0) is 22.4. The number of benzene rings is 2. The van der Waals surface area contributed by atoms with Gasteiger partial charge in [0.15, 0.2) is 11.5 Å². The summed E-state index contributed by atoms with van der Waals surface area (Å²) in [5.74, 6) is 2.34. The zero-order valence-electron chi connectivity index (χ0n) is 18.5. The van der Waals surface area contributed by atoms with Gasteiger partial charge in [0, 0.05) is 5.56 Å². The third-order valence-corrected chi connectivity index (χ3v) is 5.21. The first-order valence-corrected chi connectivity index (χ1v) is 10.1. The van der Waals surface area contributed by atoms with E-state index in [1.165, 1.54) is 0 Å². The zero-order valence-corrected chi connectivity index (χ0v) is 18.5. The number of nitrogens with zero attached hydrogens (tertiary/aromatic N) is 1. The molecule has 2 aromatic carbocycles. The fourth-order valence-corrected chi connectivity index (χ4v) is 3.28. The van der Waals surface area contributed by atoms with Gasteiger partial charge in [0.1, 0.15) is 18.1 Å². The average Bonchev–Trinajstić information content (AvgIpc) is 3.12. The number of aryl methyl sites for hydroxylation is 2. The minimum absolute atomic E-state index is 0.111. The third-order valence-electron chi connectivity index (χ3n) is 5.21. The molecule has 1 unspecified atom stereocenters. The Hall–Kier alpha value is -3.48. The van der Waals surface area contributed by atoms with Gasteiger partial charge in [-0.25, -0.2) is 0 Å². The van der Waals surface area contributed by atoms with E-state index in [1.54, 1.807) is 32.4 Å². The molecule has 3 aromatic rings. The van der Waals surface area contributed by atoms with Gasteiger partial charge in [0.25, 0.3) is 5.91 Å². The molecule has 3 rings (SSSR count). The van der Waals surface area contributed by atoms with Crippen LogP contribution in [-0.2, 0) is 6.61 Å². The highest BCUT2D eigenvalue weighted by Crippen LogP contribution is 2.30. The minimum Gasteiger partial charge on any atom is -0.497 e. The van der Waals surface area contributed by atoms with E-state index in [-0.39, 0.29) is 11.9 Å². The van der Waals surface area contributed by atoms with Gasteiger partial charge in [0.05, 0.1) is 31.5 Å². The summed E-state index contributed by atoms with van der Waals surface area (Å²) in [5, 5.41) is 7.01. The number of aromatic nitrogens is 1. The third kappa shape index (κ3) is 5.17. The lowest BCUT2D eigenvalue weighted by Crippen LogP contribution is -2.28. The van der Waals surface area contributed by atoms with Crippen molar-refractivity contribution >= 4 is 5.91 Å². The van der Waals surface area contributed by atoms with Crippen LogP contribution in [-0.4, -0.2) is 25.3 Å². The van der Waals surface area contributed by atoms with Crippen molar-refractivity contribution in [2.45, 2.75) is 39.8 Å². The van der Waals surface area contributed by atoms with Crippen LogP contribution >= 0.6 is 0 Å². The van der Waals surface area contributed by atoms with Gasteiger partial charge in [-0.3, -0.25) is 4.79 Å². The highest BCUT2D eigenvalue weighted by molar-refractivity contribution is 5.95. The largest absolute Gasteiger partial charge is 0.497 e. The van der Waals surface area contributed by atoms with E-state index in [2.05, 4.69) is 10.5 Å². The first-order chi connectivity index (χ1) is 15.0. The van der Waals surface area contributed by atoms with Crippen molar-refractivity contribution in [3.8, 4) is 17.2 Å². The van der Waals surface area contributed by atoms with Crippen LogP contribution in [0, 0.1) is 13.8 Å². The topological polar surface area (TPSA) is 82.8 Å². The standard InChI is InChI=1S/C24H28N2O5/c1-6-21(17-7-10-19(28-4)11-8-17)25-24(27)18-9-12-22(23(13-18)29-5)30-14-20-15(2)26-31-16(20)3/h7-13,21H,6,14H2,1-5H3,(H,25,27). The van der Waals surface area contributed by atoms with Crippen molar-refractivity contribution in [3.63, 3.8) is 0 Å². The van der Waals surface area contributed by atoms with Gasteiger partial charge in [0.2, 0.25) is 0 Å². The number of hydrogen-bond donors (Lipinski definition) is 1. The summed E-state index contributed by atoms with van der Waals surface area (Å²) in [6, 6.07) is 12.7. The van der Waals surface area contributed by atoms with E-state index in [1.807, 2.05) is 45.0 Å². The number of hydrogen-bond acceptors (Lipinski definition) is 6. The number of amides is 1. The first-order valence-electron chi connectivity index (χ1n) is 10.1. The molecule has 7 heteroatoms. The van der Waals surface area contributed by atoms with Crippen LogP contribution in [0.3, 0.4) is 0 Å². The molecule has 1 atom stereocenters. The maximum Gasteiger partial charge on any atom is 0.251 e. The molecule has 31 heavy (non-hydrogen) atoms. The molecule has 7 nitrogen and oxygen atoms in total. The summed E-state index contributed by atoms with van der Waals surface area (Å²) in [4.78, 5) is 12.9. The Labute approximate surface area is 182 Å². The number of nitrogens with one attached hydrogen (secondary N) is 1. The van der Waals surface area contributed by atoms with Crippen molar-refractivity contribution in [1.29, 1.82) is 0 Å². The van der Waals surface area contributed by atoms with Crippen molar-refractivity contribution < 1.29 is 23.5 Å². The van der Waals surface area contributed by atoms with E-state index >= 15 is 0 Å². The van der Waals surface area contributed by atoms with E-state index in [9.17, 15) is 4.79 Å². The van der Waals surface area contributed by atoms with Gasteiger partial charge >= 0.3 is 0 Å². The maximum atomic E-state index is 12.9. The number of rotatable bonds is 9. The second kappa shape index (κ2) is 10.0. The molecule has 1 aromatic heterocycles. The summed E-state index contributed by atoms with van der Waals surface area (Å²) in [6.07, 6.45) is 0.758. The fraction of sp³-hybridized carbons (Fsp3) is 0.333. The monoisotopic (exact) mass is 424 g/mol. The Bertz CT molecular complexity index is 1010. The molecule has 1 amide bonds. The molecule has 0 aliphatic rings. The molecule has 164 valence electrons. The summed E-state index contributed by atoms with van der Waals surface area (Å²) in [5.41, 5.74) is 3.20. The Balaban J connectivity index is 1.72. The minimum atomic E-state index is -0.182. The predicted molar refractivity (Wildman–Crippen MR) is 117 cm³/mol. The molecule has 0 fully saturated rings. The molecule has 0 aliphatic carbocycles. The van der Waals surface area contributed by atoms with E-state index in [0.29, 0.717) is 23.7 Å². The van der Waals surface area contributed by atoms with Gasteiger partial charge < -0.3 is 24.1 Å². The summed E-state index contributed by atoms with van der Waals surface area (Å²) >= 11 is 0. The lowest BCUT2D eigenvalue weighted by atomic mass is 10.0. The van der Waals surface area contributed by atoms with Crippen molar-refractivity contribution in [3.05, 3.63) is 70.6 Å². The molecule has 0 spiro atoms. The predicted octanol–water partition coefficient (Wildman–Crippen LogP) is 4.77. The van der Waals surface area contributed by atoms with Gasteiger partial charge in [-0.2, -0.15) is 0 Å². The molecular weight excluding hydrogens is 396 g/mol. The average molecular weight is 424 g/mol.